The van der Waals surface area contributed by atoms with Crippen LogP contribution in [0.1, 0.15) is 24.5 Å². The third kappa shape index (κ3) is 4.29. The van der Waals surface area contributed by atoms with Gasteiger partial charge in [-0.3, -0.25) is 9.59 Å². The van der Waals surface area contributed by atoms with Crippen LogP contribution in [0.2, 0.25) is 0 Å². The van der Waals surface area contributed by atoms with Gasteiger partial charge in [-0.05, 0) is 60.5 Å². The zero-order valence-corrected chi connectivity index (χ0v) is 18.3. The number of rotatable bonds is 7. The van der Waals surface area contributed by atoms with E-state index in [1.54, 1.807) is 36.4 Å². The summed E-state index contributed by atoms with van der Waals surface area (Å²) in [6.45, 7) is 2.65. The summed E-state index contributed by atoms with van der Waals surface area (Å²) in [6, 6.07) is 25.2. The lowest BCUT2D eigenvalue weighted by atomic mass is 10.1. The molecular weight excluding hydrogens is 420 g/mol. The minimum Gasteiger partial charge on any atom is -0.494 e. The maximum absolute atomic E-state index is 13.5. The number of carbonyl (C=O) groups excluding carboxylic acids is 2. The fraction of sp³-hybridized carbons (Fsp3) is 0.115. The van der Waals surface area contributed by atoms with Crippen molar-refractivity contribution in [3.05, 3.63) is 94.9 Å². The fourth-order valence-corrected chi connectivity index (χ4v) is 4.34. The van der Waals surface area contributed by atoms with Gasteiger partial charge in [0.25, 0.3) is 11.8 Å². The fourth-order valence-electron chi connectivity index (χ4n) is 3.32. The van der Waals surface area contributed by atoms with Crippen LogP contribution in [0, 0.1) is 11.3 Å². The molecule has 6 heteroatoms. The smallest absolute Gasteiger partial charge is 0.272 e. The van der Waals surface area contributed by atoms with Gasteiger partial charge in [0.05, 0.1) is 34.4 Å². The zero-order chi connectivity index (χ0) is 22.5. The lowest BCUT2D eigenvalue weighted by molar-refractivity contribution is -0.119. The Kier molecular flexibility index (Phi) is 6.39. The first-order valence-electron chi connectivity index (χ1n) is 10.2. The van der Waals surface area contributed by atoms with Gasteiger partial charge in [0.2, 0.25) is 0 Å². The number of imide groups is 1. The van der Waals surface area contributed by atoms with Crippen molar-refractivity contribution in [2.24, 2.45) is 0 Å². The number of hydrogen-bond donors (Lipinski definition) is 0. The molecule has 158 valence electrons. The van der Waals surface area contributed by atoms with Gasteiger partial charge in [0, 0.05) is 4.90 Å². The van der Waals surface area contributed by atoms with E-state index < -0.39 is 0 Å². The van der Waals surface area contributed by atoms with E-state index in [2.05, 4.69) is 0 Å². The summed E-state index contributed by atoms with van der Waals surface area (Å²) in [7, 11) is 0. The van der Waals surface area contributed by atoms with Crippen molar-refractivity contribution in [2.75, 3.05) is 11.5 Å². The number of carbonyl (C=O) groups is 2. The molecule has 0 bridgehead atoms. The average Bonchev–Trinajstić information content (AvgIpc) is 3.08. The summed E-state index contributed by atoms with van der Waals surface area (Å²) in [4.78, 5) is 29.3. The number of anilines is 1. The van der Waals surface area contributed by atoms with Gasteiger partial charge < -0.3 is 4.74 Å². The molecule has 3 aromatic carbocycles. The Hall–Kier alpha value is -3.82. The van der Waals surface area contributed by atoms with Crippen molar-refractivity contribution in [2.45, 2.75) is 18.2 Å². The first-order valence-corrected chi connectivity index (χ1v) is 11.0. The Balaban J connectivity index is 1.74. The van der Waals surface area contributed by atoms with Gasteiger partial charge in [0.15, 0.2) is 0 Å². The molecule has 5 nitrogen and oxygen atoms in total. The average molecular weight is 441 g/mol. The standard InChI is InChI=1S/C26H20N2O3S/c1-2-16-31-21-14-10-19(11-15-21)23-24(32-22-6-4-3-5-7-22)26(30)28(25(23)29)20-12-8-18(17-27)9-13-20/h3-15H,2,16H2,1H3. The SMILES string of the molecule is CCCOc1ccc(C2=C(Sc3ccccc3)C(=O)N(c3ccc(C#N)cc3)C2=O)cc1. The quantitative estimate of drug-likeness (QED) is 0.459. The highest BCUT2D eigenvalue weighted by atomic mass is 32.2. The predicted molar refractivity (Wildman–Crippen MR) is 125 cm³/mol. The lowest BCUT2D eigenvalue weighted by Gasteiger charge is -2.15. The number of amides is 2. The first-order chi connectivity index (χ1) is 15.6. The topological polar surface area (TPSA) is 70.4 Å². The van der Waals surface area contributed by atoms with Crippen LogP contribution < -0.4 is 9.64 Å². The van der Waals surface area contributed by atoms with E-state index in [9.17, 15) is 9.59 Å². The highest BCUT2D eigenvalue weighted by molar-refractivity contribution is 8.04. The van der Waals surface area contributed by atoms with Crippen molar-refractivity contribution in [3.63, 3.8) is 0 Å². The Labute approximate surface area is 190 Å². The minimum absolute atomic E-state index is 0.357. The Morgan fingerprint density at radius 1 is 0.906 bits per heavy atom. The predicted octanol–water partition coefficient (Wildman–Crippen LogP) is 5.42. The molecule has 0 N–H and O–H groups in total. The first kappa shape index (κ1) is 21.4. The molecule has 0 radical (unpaired) electrons. The van der Waals surface area contributed by atoms with Crippen LogP contribution in [0.5, 0.6) is 5.75 Å². The van der Waals surface area contributed by atoms with Crippen molar-refractivity contribution in [3.8, 4) is 11.8 Å². The third-order valence-electron chi connectivity index (χ3n) is 4.87. The van der Waals surface area contributed by atoms with E-state index in [1.807, 2.05) is 55.5 Å². The second-order valence-electron chi connectivity index (χ2n) is 7.10. The second-order valence-corrected chi connectivity index (χ2v) is 8.18. The monoisotopic (exact) mass is 440 g/mol. The van der Waals surface area contributed by atoms with Crippen LogP contribution in [0.25, 0.3) is 5.57 Å². The van der Waals surface area contributed by atoms with E-state index in [0.29, 0.717) is 39.6 Å². The highest BCUT2D eigenvalue weighted by Gasteiger charge is 2.40. The molecule has 0 fully saturated rings. The van der Waals surface area contributed by atoms with Crippen molar-refractivity contribution in [1.82, 2.24) is 0 Å². The summed E-state index contributed by atoms with van der Waals surface area (Å²) in [5, 5.41) is 9.05. The molecule has 3 aromatic rings. The van der Waals surface area contributed by atoms with Gasteiger partial charge in [-0.15, -0.1) is 0 Å². The minimum atomic E-state index is -0.389. The van der Waals surface area contributed by atoms with E-state index in [4.69, 9.17) is 10.00 Å². The largest absolute Gasteiger partial charge is 0.494 e. The summed E-state index contributed by atoms with van der Waals surface area (Å²) < 4.78 is 5.65. The second kappa shape index (κ2) is 9.54. The molecule has 0 unspecified atom stereocenters. The van der Waals surface area contributed by atoms with Gasteiger partial charge in [-0.2, -0.15) is 5.26 Å². The molecule has 0 spiro atoms. The van der Waals surface area contributed by atoms with Crippen LogP contribution >= 0.6 is 11.8 Å². The van der Waals surface area contributed by atoms with Gasteiger partial charge in [-0.1, -0.05) is 49.0 Å². The Morgan fingerprint density at radius 2 is 1.59 bits per heavy atom. The number of benzene rings is 3. The number of nitrogens with zero attached hydrogens (tertiary/aromatic N) is 2. The van der Waals surface area contributed by atoms with Crippen molar-refractivity contribution >= 4 is 34.8 Å². The molecule has 0 atom stereocenters. The molecule has 1 aliphatic rings. The molecular formula is C26H20N2O3S. The summed E-state index contributed by atoms with van der Waals surface area (Å²) >= 11 is 1.27. The lowest BCUT2D eigenvalue weighted by Crippen LogP contribution is -2.31. The zero-order valence-electron chi connectivity index (χ0n) is 17.4. The van der Waals surface area contributed by atoms with Crippen LogP contribution in [0.4, 0.5) is 5.69 Å². The van der Waals surface area contributed by atoms with Crippen LogP contribution in [-0.4, -0.2) is 18.4 Å². The van der Waals surface area contributed by atoms with Crippen LogP contribution in [-0.2, 0) is 9.59 Å². The number of ether oxygens (including phenoxy) is 1. The molecule has 32 heavy (non-hydrogen) atoms. The molecule has 0 saturated carbocycles. The number of thioether (sulfide) groups is 1. The molecule has 1 heterocycles. The summed E-state index contributed by atoms with van der Waals surface area (Å²) in [5.41, 5.74) is 1.91. The molecule has 0 aliphatic carbocycles. The van der Waals surface area contributed by atoms with Crippen LogP contribution in [0.3, 0.4) is 0 Å². The maximum Gasteiger partial charge on any atom is 0.272 e. The molecule has 0 saturated heterocycles. The number of hydrogen-bond acceptors (Lipinski definition) is 5. The normalized spacial score (nSPS) is 13.4. The van der Waals surface area contributed by atoms with E-state index in [-0.39, 0.29) is 11.8 Å². The van der Waals surface area contributed by atoms with Gasteiger partial charge in [-0.25, -0.2) is 4.90 Å². The van der Waals surface area contributed by atoms with E-state index in [1.165, 1.54) is 16.7 Å². The van der Waals surface area contributed by atoms with E-state index in [0.717, 1.165) is 11.3 Å². The molecule has 0 aromatic heterocycles. The van der Waals surface area contributed by atoms with Crippen molar-refractivity contribution < 1.29 is 14.3 Å². The van der Waals surface area contributed by atoms with Crippen LogP contribution in [0.15, 0.2) is 88.7 Å². The summed E-state index contributed by atoms with van der Waals surface area (Å²) in [5.74, 6) is -0.0515. The number of nitriles is 1. The van der Waals surface area contributed by atoms with Gasteiger partial charge >= 0.3 is 0 Å². The summed E-state index contributed by atoms with van der Waals surface area (Å²) in [6.07, 6.45) is 0.900. The highest BCUT2D eigenvalue weighted by Crippen LogP contribution is 2.41. The molecule has 1 aliphatic heterocycles. The van der Waals surface area contributed by atoms with Crippen molar-refractivity contribution in [1.29, 1.82) is 5.26 Å². The molecule has 2 amide bonds. The molecule has 4 rings (SSSR count). The maximum atomic E-state index is 13.5. The van der Waals surface area contributed by atoms with E-state index >= 15 is 0 Å². The Bertz CT molecular complexity index is 1210. The Morgan fingerprint density at radius 3 is 2.22 bits per heavy atom. The third-order valence-corrected chi connectivity index (χ3v) is 5.97. The van der Waals surface area contributed by atoms with Gasteiger partial charge in [0.1, 0.15) is 5.75 Å².